The zero-order valence-electron chi connectivity index (χ0n) is 9.83. The number of hydrogen-bond donors (Lipinski definition) is 1. The van der Waals surface area contributed by atoms with Crippen LogP contribution in [0.15, 0.2) is 36.7 Å². The molecule has 0 radical (unpaired) electrons. The van der Waals surface area contributed by atoms with Crippen LogP contribution in [-0.4, -0.2) is 10.1 Å². The molecule has 0 bridgehead atoms. The molecule has 0 aliphatic carbocycles. The van der Waals surface area contributed by atoms with Crippen LogP contribution in [0.3, 0.4) is 0 Å². The first kappa shape index (κ1) is 14.4. The quantitative estimate of drug-likeness (QED) is 0.859. The van der Waals surface area contributed by atoms with Crippen molar-refractivity contribution in [2.45, 2.75) is 12.3 Å². The average Bonchev–Trinajstić information content (AvgIpc) is 2.37. The van der Waals surface area contributed by atoms with Crippen LogP contribution in [0.25, 0.3) is 0 Å². The highest BCUT2D eigenvalue weighted by molar-refractivity contribution is 5.34. The van der Waals surface area contributed by atoms with Crippen LogP contribution in [0.1, 0.15) is 22.8 Å². The summed E-state index contributed by atoms with van der Waals surface area (Å²) in [7, 11) is 0. The van der Waals surface area contributed by atoms with Crippen molar-refractivity contribution in [3.8, 4) is 0 Å². The molecular weight excluding hydrogens is 281 g/mol. The molecule has 0 fully saturated rings. The third-order valence-electron chi connectivity index (χ3n) is 2.66. The van der Waals surface area contributed by atoms with E-state index in [1.165, 1.54) is 6.20 Å². The number of alkyl halides is 3. The third kappa shape index (κ3) is 2.93. The zero-order chi connectivity index (χ0) is 14.9. The second-order valence-electron chi connectivity index (χ2n) is 4.07. The Morgan fingerprint density at radius 1 is 1.10 bits per heavy atom. The van der Waals surface area contributed by atoms with Gasteiger partial charge in [0, 0.05) is 11.8 Å². The Kier molecular flexibility index (Phi) is 3.71. The first-order valence-corrected chi connectivity index (χ1v) is 5.44. The van der Waals surface area contributed by atoms with E-state index in [-0.39, 0.29) is 11.1 Å². The topological polar surface area (TPSA) is 33.1 Å². The predicted octanol–water partition coefficient (Wildman–Crippen LogP) is 3.46. The first-order chi connectivity index (χ1) is 9.29. The van der Waals surface area contributed by atoms with Gasteiger partial charge in [-0.05, 0) is 29.8 Å². The predicted molar refractivity (Wildman–Crippen MR) is 59.7 cm³/mol. The molecule has 0 aliphatic rings. The molecule has 0 spiro atoms. The molecular formula is C13H8F5NO. The molecule has 1 N–H and O–H groups in total. The molecule has 2 rings (SSSR count). The van der Waals surface area contributed by atoms with Crippen LogP contribution in [0.4, 0.5) is 22.0 Å². The molecule has 0 saturated carbocycles. The molecule has 1 aromatic heterocycles. The number of hydrogen-bond acceptors (Lipinski definition) is 2. The van der Waals surface area contributed by atoms with E-state index in [0.29, 0.717) is 12.1 Å². The van der Waals surface area contributed by atoms with Gasteiger partial charge < -0.3 is 5.11 Å². The number of nitrogens with zero attached hydrogens (tertiary/aromatic N) is 1. The Morgan fingerprint density at radius 3 is 2.40 bits per heavy atom. The van der Waals surface area contributed by atoms with E-state index in [0.717, 1.165) is 18.3 Å². The summed E-state index contributed by atoms with van der Waals surface area (Å²) in [6, 6.07) is 2.71. The molecule has 2 nitrogen and oxygen atoms in total. The number of aliphatic hydroxyl groups is 1. The van der Waals surface area contributed by atoms with Crippen LogP contribution in [0.5, 0.6) is 0 Å². The van der Waals surface area contributed by atoms with Crippen molar-refractivity contribution in [1.29, 1.82) is 0 Å². The van der Waals surface area contributed by atoms with E-state index in [9.17, 15) is 27.1 Å². The number of rotatable bonds is 2. The van der Waals surface area contributed by atoms with Crippen LogP contribution in [-0.2, 0) is 6.18 Å². The highest BCUT2D eigenvalue weighted by atomic mass is 19.4. The maximum Gasteiger partial charge on any atom is 0.416 e. The molecule has 1 heterocycles. The summed E-state index contributed by atoms with van der Waals surface area (Å²) in [4.78, 5) is 3.46. The van der Waals surface area contributed by atoms with Crippen molar-refractivity contribution in [2.24, 2.45) is 0 Å². The van der Waals surface area contributed by atoms with Crippen molar-refractivity contribution in [3.63, 3.8) is 0 Å². The lowest BCUT2D eigenvalue weighted by molar-refractivity contribution is -0.137. The number of pyridine rings is 1. The maximum atomic E-state index is 13.4. The minimum Gasteiger partial charge on any atom is -0.384 e. The summed E-state index contributed by atoms with van der Waals surface area (Å²) < 4.78 is 64.3. The molecule has 1 aromatic carbocycles. The smallest absolute Gasteiger partial charge is 0.384 e. The molecule has 1 atom stereocenters. The summed E-state index contributed by atoms with van der Waals surface area (Å²) in [5.74, 6) is -2.05. The Morgan fingerprint density at radius 2 is 1.80 bits per heavy atom. The van der Waals surface area contributed by atoms with Crippen molar-refractivity contribution >= 4 is 0 Å². The highest BCUT2D eigenvalue weighted by Gasteiger charge is 2.32. The summed E-state index contributed by atoms with van der Waals surface area (Å²) in [5, 5.41) is 9.89. The van der Waals surface area contributed by atoms with E-state index in [4.69, 9.17) is 0 Å². The Balaban J connectivity index is 2.48. The van der Waals surface area contributed by atoms with Gasteiger partial charge in [-0.2, -0.15) is 13.2 Å². The summed E-state index contributed by atoms with van der Waals surface area (Å²) >= 11 is 0. The van der Waals surface area contributed by atoms with Gasteiger partial charge >= 0.3 is 6.18 Å². The molecule has 106 valence electrons. The molecule has 0 amide bonds. The lowest BCUT2D eigenvalue weighted by Crippen LogP contribution is -2.09. The maximum absolute atomic E-state index is 13.4. The van der Waals surface area contributed by atoms with Gasteiger partial charge in [-0.1, -0.05) is 0 Å². The van der Waals surface area contributed by atoms with Crippen LogP contribution >= 0.6 is 0 Å². The molecule has 7 heteroatoms. The molecule has 1 unspecified atom stereocenters. The zero-order valence-corrected chi connectivity index (χ0v) is 9.83. The van der Waals surface area contributed by atoms with Gasteiger partial charge in [-0.3, -0.25) is 4.98 Å². The highest BCUT2D eigenvalue weighted by Crippen LogP contribution is 2.33. The lowest BCUT2D eigenvalue weighted by Gasteiger charge is -2.15. The minimum atomic E-state index is -4.76. The van der Waals surface area contributed by atoms with Gasteiger partial charge in [0.15, 0.2) is 0 Å². The second kappa shape index (κ2) is 5.16. The van der Waals surface area contributed by atoms with E-state index in [2.05, 4.69) is 4.98 Å². The molecule has 0 aliphatic heterocycles. The van der Waals surface area contributed by atoms with Gasteiger partial charge in [0.05, 0.1) is 11.8 Å². The van der Waals surface area contributed by atoms with Gasteiger partial charge in [0.25, 0.3) is 0 Å². The van der Waals surface area contributed by atoms with Gasteiger partial charge in [0.1, 0.15) is 17.7 Å². The number of aromatic nitrogens is 1. The Hall–Kier alpha value is -2.02. The standard InChI is InChI=1S/C13H8F5NO/c14-9-4-7(3-8(5-9)13(16,17)18)12(20)10-1-2-19-6-11(10)15/h1-6,12,20H. The first-order valence-electron chi connectivity index (χ1n) is 5.44. The van der Waals surface area contributed by atoms with Gasteiger partial charge in [-0.25, -0.2) is 8.78 Å². The SMILES string of the molecule is OC(c1cc(F)cc(C(F)(F)F)c1)c1ccncc1F. The van der Waals surface area contributed by atoms with Crippen LogP contribution < -0.4 is 0 Å². The van der Waals surface area contributed by atoms with E-state index < -0.39 is 29.5 Å². The minimum absolute atomic E-state index is 0.279. The Labute approximate surface area is 110 Å². The van der Waals surface area contributed by atoms with Crippen molar-refractivity contribution in [2.75, 3.05) is 0 Å². The average molecular weight is 289 g/mol. The second-order valence-corrected chi connectivity index (χ2v) is 4.07. The third-order valence-corrected chi connectivity index (χ3v) is 2.66. The fourth-order valence-electron chi connectivity index (χ4n) is 1.72. The summed E-state index contributed by atoms with van der Waals surface area (Å²) in [6.07, 6.45) is -4.49. The number of benzene rings is 1. The monoisotopic (exact) mass is 289 g/mol. The van der Waals surface area contributed by atoms with Crippen molar-refractivity contribution in [1.82, 2.24) is 4.98 Å². The van der Waals surface area contributed by atoms with E-state index in [1.54, 1.807) is 0 Å². The van der Waals surface area contributed by atoms with Crippen LogP contribution in [0.2, 0.25) is 0 Å². The normalized spacial score (nSPS) is 13.3. The molecule has 20 heavy (non-hydrogen) atoms. The fraction of sp³-hybridized carbons (Fsp3) is 0.154. The Bertz CT molecular complexity index is 626. The number of aliphatic hydroxyl groups excluding tert-OH is 1. The van der Waals surface area contributed by atoms with Gasteiger partial charge in [0.2, 0.25) is 0 Å². The summed E-state index contributed by atoms with van der Waals surface area (Å²) in [6.45, 7) is 0. The lowest BCUT2D eigenvalue weighted by atomic mass is 10.00. The van der Waals surface area contributed by atoms with Crippen LogP contribution in [0, 0.1) is 11.6 Å². The molecule has 2 aromatic rings. The number of halogens is 5. The molecule has 0 saturated heterocycles. The van der Waals surface area contributed by atoms with E-state index in [1.807, 2.05) is 0 Å². The largest absolute Gasteiger partial charge is 0.416 e. The summed E-state index contributed by atoms with van der Waals surface area (Å²) in [5.41, 5.74) is -1.91. The van der Waals surface area contributed by atoms with Gasteiger partial charge in [-0.15, -0.1) is 0 Å². The fourth-order valence-corrected chi connectivity index (χ4v) is 1.72. The van der Waals surface area contributed by atoms with Crippen molar-refractivity contribution in [3.05, 3.63) is 65.0 Å². The van der Waals surface area contributed by atoms with Crippen molar-refractivity contribution < 1.29 is 27.1 Å². The van der Waals surface area contributed by atoms with E-state index >= 15 is 0 Å².